The zero-order valence-corrected chi connectivity index (χ0v) is 42.7. The highest BCUT2D eigenvalue weighted by Crippen LogP contribution is 2.18. The summed E-state index contributed by atoms with van der Waals surface area (Å²) >= 11 is 0. The summed E-state index contributed by atoms with van der Waals surface area (Å²) < 4.78 is 0. The van der Waals surface area contributed by atoms with Crippen LogP contribution in [0.2, 0.25) is 0 Å². The average molecular weight is 889 g/mol. The molecule has 0 bridgehead atoms. The lowest BCUT2D eigenvalue weighted by Gasteiger charge is -2.23. The highest BCUT2D eigenvalue weighted by molar-refractivity contribution is 5.80. The van der Waals surface area contributed by atoms with E-state index in [2.05, 4.69) is 43.5 Å². The van der Waals surface area contributed by atoms with E-state index >= 15 is 0 Å². The molecule has 0 fully saturated rings. The molecule has 5 nitrogen and oxygen atoms in total. The Hall–Kier alpha value is -1.17. The molecule has 0 aromatic heterocycles. The molecule has 3 atom stereocenters. The zero-order chi connectivity index (χ0) is 45.8. The lowest BCUT2D eigenvalue weighted by molar-refractivity contribution is -0.131. The molecule has 0 aliphatic heterocycles. The summed E-state index contributed by atoms with van der Waals surface area (Å²) in [5.41, 5.74) is 0. The molecule has 374 valence electrons. The largest absolute Gasteiger partial charge is 0.394 e. The van der Waals surface area contributed by atoms with Gasteiger partial charge in [-0.2, -0.15) is 0 Å². The molecule has 0 aliphatic carbocycles. The van der Waals surface area contributed by atoms with Gasteiger partial charge in [-0.25, -0.2) is 0 Å². The van der Waals surface area contributed by atoms with Crippen molar-refractivity contribution in [3.8, 4) is 0 Å². The van der Waals surface area contributed by atoms with Gasteiger partial charge in [0.05, 0.1) is 18.8 Å². The predicted octanol–water partition coefficient (Wildman–Crippen LogP) is 17.7. The average Bonchev–Trinajstić information content (AvgIpc) is 3.29. The highest BCUT2D eigenvalue weighted by Gasteiger charge is 2.23. The van der Waals surface area contributed by atoms with Gasteiger partial charge in [-0.05, 0) is 44.9 Å². The monoisotopic (exact) mass is 888 g/mol. The Morgan fingerprint density at radius 2 is 0.651 bits per heavy atom. The van der Waals surface area contributed by atoms with E-state index in [-0.39, 0.29) is 6.61 Å². The lowest BCUT2D eigenvalue weighted by Crippen LogP contribution is -2.49. The van der Waals surface area contributed by atoms with Gasteiger partial charge in [-0.3, -0.25) is 4.79 Å². The number of carbonyl (C=O) groups excluding carboxylic acids is 1. The first kappa shape index (κ1) is 61.8. The number of allylic oxidation sites excluding steroid dienone is 4. The molecule has 0 heterocycles. The molecule has 4 N–H and O–H groups in total. The van der Waals surface area contributed by atoms with Gasteiger partial charge in [-0.1, -0.05) is 295 Å². The molecular formula is C58H113NO4. The Balaban J connectivity index is 3.46. The molecular weight excluding hydrogens is 775 g/mol. The van der Waals surface area contributed by atoms with Crippen molar-refractivity contribution >= 4 is 5.91 Å². The van der Waals surface area contributed by atoms with Gasteiger partial charge in [0.2, 0.25) is 5.91 Å². The van der Waals surface area contributed by atoms with Crippen LogP contribution >= 0.6 is 0 Å². The number of amides is 1. The van der Waals surface area contributed by atoms with Crippen molar-refractivity contribution in [2.45, 2.75) is 334 Å². The molecule has 0 aliphatic rings. The Morgan fingerprint density at radius 3 is 0.952 bits per heavy atom. The van der Waals surface area contributed by atoms with Gasteiger partial charge < -0.3 is 20.6 Å². The number of carbonyl (C=O) groups is 1. The number of aliphatic hydroxyl groups is 3. The number of hydrogen-bond acceptors (Lipinski definition) is 4. The third kappa shape index (κ3) is 48.6. The van der Waals surface area contributed by atoms with Crippen LogP contribution in [0.15, 0.2) is 24.3 Å². The van der Waals surface area contributed by atoms with E-state index in [1.165, 1.54) is 250 Å². The fourth-order valence-electron chi connectivity index (χ4n) is 9.11. The van der Waals surface area contributed by atoms with Crippen molar-refractivity contribution in [3.05, 3.63) is 24.3 Å². The smallest absolute Gasteiger partial charge is 0.249 e. The second-order valence-electron chi connectivity index (χ2n) is 19.9. The van der Waals surface area contributed by atoms with E-state index in [9.17, 15) is 20.1 Å². The second-order valence-corrected chi connectivity index (χ2v) is 19.9. The molecule has 3 unspecified atom stereocenters. The zero-order valence-electron chi connectivity index (χ0n) is 42.7. The van der Waals surface area contributed by atoms with Gasteiger partial charge in [0, 0.05) is 0 Å². The van der Waals surface area contributed by atoms with Crippen LogP contribution in [0, 0.1) is 0 Å². The van der Waals surface area contributed by atoms with Gasteiger partial charge >= 0.3 is 0 Å². The minimum Gasteiger partial charge on any atom is -0.394 e. The van der Waals surface area contributed by atoms with Gasteiger partial charge in [0.15, 0.2) is 0 Å². The third-order valence-electron chi connectivity index (χ3n) is 13.6. The standard InChI is InChI=1S/C58H113NO4/c1-3-5-7-9-11-13-15-17-18-19-20-21-22-23-24-25-26-27-28-29-30-31-32-33-34-35-36-37-38-39-41-43-45-47-49-51-53-57(62)58(63)59-55(54-60)56(61)52-50-48-46-44-42-40-16-14-12-10-8-6-4-2/h24-25,27-28,55-57,60-62H,3-23,26,29-54H2,1-2H3,(H,59,63)/b25-24-,28-27-. The first-order valence-corrected chi connectivity index (χ1v) is 28.6. The number of aliphatic hydroxyl groups excluding tert-OH is 3. The van der Waals surface area contributed by atoms with E-state index in [0.29, 0.717) is 12.8 Å². The number of hydrogen-bond donors (Lipinski definition) is 4. The summed E-state index contributed by atoms with van der Waals surface area (Å²) in [6.45, 7) is 4.25. The number of unbranched alkanes of at least 4 members (excludes halogenated alkanes) is 41. The van der Waals surface area contributed by atoms with Crippen LogP contribution in [0.4, 0.5) is 0 Å². The van der Waals surface area contributed by atoms with Crippen molar-refractivity contribution in [2.75, 3.05) is 6.61 Å². The van der Waals surface area contributed by atoms with E-state index in [1.807, 2.05) is 0 Å². The summed E-state index contributed by atoms with van der Waals surface area (Å²) in [6.07, 6.45) is 68.1. The molecule has 0 radical (unpaired) electrons. The first-order chi connectivity index (χ1) is 31.1. The first-order valence-electron chi connectivity index (χ1n) is 28.6. The van der Waals surface area contributed by atoms with E-state index in [0.717, 1.165) is 38.5 Å². The maximum Gasteiger partial charge on any atom is 0.249 e. The molecule has 0 saturated carbocycles. The van der Waals surface area contributed by atoms with Crippen LogP contribution in [0.1, 0.15) is 316 Å². The minimum atomic E-state index is -1.07. The van der Waals surface area contributed by atoms with Crippen LogP contribution in [0.25, 0.3) is 0 Å². The maximum atomic E-state index is 12.5. The van der Waals surface area contributed by atoms with Crippen molar-refractivity contribution in [2.24, 2.45) is 0 Å². The lowest BCUT2D eigenvalue weighted by atomic mass is 10.0. The summed E-state index contributed by atoms with van der Waals surface area (Å²) in [5, 5.41) is 33.4. The molecule has 0 spiro atoms. The van der Waals surface area contributed by atoms with E-state index in [4.69, 9.17) is 0 Å². The van der Waals surface area contributed by atoms with Crippen LogP contribution in [-0.4, -0.2) is 46.1 Å². The normalized spacial score (nSPS) is 13.4. The maximum absolute atomic E-state index is 12.5. The molecule has 63 heavy (non-hydrogen) atoms. The Morgan fingerprint density at radius 1 is 0.381 bits per heavy atom. The number of nitrogens with one attached hydrogen (secondary N) is 1. The molecule has 0 rings (SSSR count). The van der Waals surface area contributed by atoms with Crippen molar-refractivity contribution in [3.63, 3.8) is 0 Å². The second kappa shape index (κ2) is 53.4. The number of rotatable bonds is 53. The summed E-state index contributed by atoms with van der Waals surface area (Å²) in [4.78, 5) is 12.5. The van der Waals surface area contributed by atoms with Crippen molar-refractivity contribution in [1.82, 2.24) is 5.32 Å². The Kier molecular flexibility index (Phi) is 52.5. The topological polar surface area (TPSA) is 89.8 Å². The highest BCUT2D eigenvalue weighted by atomic mass is 16.3. The van der Waals surface area contributed by atoms with Crippen molar-refractivity contribution < 1.29 is 20.1 Å². The fraction of sp³-hybridized carbons (Fsp3) is 0.914. The van der Waals surface area contributed by atoms with Gasteiger partial charge in [-0.15, -0.1) is 0 Å². The third-order valence-corrected chi connectivity index (χ3v) is 13.6. The summed E-state index contributed by atoms with van der Waals surface area (Å²) in [7, 11) is 0. The van der Waals surface area contributed by atoms with E-state index < -0.39 is 24.2 Å². The quantitative estimate of drug-likeness (QED) is 0.0362. The fourth-order valence-corrected chi connectivity index (χ4v) is 9.11. The van der Waals surface area contributed by atoms with E-state index in [1.54, 1.807) is 0 Å². The van der Waals surface area contributed by atoms with Crippen molar-refractivity contribution in [1.29, 1.82) is 0 Å². The Bertz CT molecular complexity index is 936. The summed E-state index contributed by atoms with van der Waals surface area (Å²) in [5.74, 6) is -0.467. The molecule has 0 aromatic rings. The van der Waals surface area contributed by atoms with Crippen LogP contribution in [0.5, 0.6) is 0 Å². The molecule has 0 saturated heterocycles. The molecule has 5 heteroatoms. The van der Waals surface area contributed by atoms with Gasteiger partial charge in [0.25, 0.3) is 0 Å². The predicted molar refractivity (Wildman–Crippen MR) is 278 cm³/mol. The molecule has 0 aromatic carbocycles. The molecule has 1 amide bonds. The van der Waals surface area contributed by atoms with Gasteiger partial charge in [0.1, 0.15) is 6.10 Å². The Labute approximate surface area is 394 Å². The minimum absolute atomic E-state index is 0.311. The SMILES string of the molecule is CCCCCCCCCCCCCCC/C=C\C/C=C\CCCCCCCCCCCCCCCCCCC(O)C(=O)NC(CO)C(O)CCCCCCCCCCCCCCC. The van der Waals surface area contributed by atoms with Crippen LogP contribution < -0.4 is 5.32 Å². The van der Waals surface area contributed by atoms with Crippen LogP contribution in [0.3, 0.4) is 0 Å². The summed E-state index contributed by atoms with van der Waals surface area (Å²) in [6, 6.07) is -0.709. The van der Waals surface area contributed by atoms with Crippen LogP contribution in [-0.2, 0) is 4.79 Å².